The Morgan fingerprint density at radius 3 is 3.03 bits per heavy atom. The molecule has 0 spiro atoms. The second-order valence-corrected chi connectivity index (χ2v) is 9.51. The molecular weight excluding hydrogens is 453 g/mol. The van der Waals surface area contributed by atoms with Crippen LogP contribution in [0.4, 0.5) is 4.39 Å². The number of aromatic nitrogens is 3. The number of hydrogen-bond acceptors (Lipinski definition) is 8. The summed E-state index contributed by atoms with van der Waals surface area (Å²) in [5.74, 6) is 0.378. The fraction of sp³-hybridized carbons (Fsp3) is 0.480. The first kappa shape index (κ1) is 22.4. The molecule has 0 saturated carbocycles. The number of aliphatic hydroxyl groups excluding tert-OH is 1. The Morgan fingerprint density at radius 1 is 1.23 bits per heavy atom. The third kappa shape index (κ3) is 4.26. The van der Waals surface area contributed by atoms with E-state index in [4.69, 9.17) is 9.47 Å². The van der Waals surface area contributed by atoms with E-state index in [1.54, 1.807) is 16.8 Å². The van der Waals surface area contributed by atoms with E-state index in [2.05, 4.69) is 26.3 Å². The summed E-state index contributed by atoms with van der Waals surface area (Å²) < 4.78 is 27.2. The van der Waals surface area contributed by atoms with Crippen LogP contribution >= 0.6 is 0 Å². The number of nitrogens with one attached hydrogen (secondary N) is 1. The highest BCUT2D eigenvalue weighted by atomic mass is 19.1. The molecule has 0 radical (unpaired) electrons. The number of β-amino-alcohol motifs (C(OH)–C–C–N with tert-alkyl or cyclic N) is 1. The summed E-state index contributed by atoms with van der Waals surface area (Å²) in [5.41, 5.74) is 2.84. The van der Waals surface area contributed by atoms with Gasteiger partial charge in [0.05, 0.1) is 42.4 Å². The first-order valence-corrected chi connectivity index (χ1v) is 12.1. The number of hydrogen-bond donors (Lipinski definition) is 2. The minimum absolute atomic E-state index is 0.0480. The Labute approximate surface area is 201 Å². The highest BCUT2D eigenvalue weighted by molar-refractivity contribution is 5.82. The molecule has 0 unspecified atom stereocenters. The predicted octanol–water partition coefficient (Wildman–Crippen LogP) is 1.41. The van der Waals surface area contributed by atoms with Gasteiger partial charge in [0.2, 0.25) is 0 Å². The van der Waals surface area contributed by atoms with Gasteiger partial charge < -0.3 is 19.9 Å². The summed E-state index contributed by atoms with van der Waals surface area (Å²) >= 11 is 0. The van der Waals surface area contributed by atoms with Crippen LogP contribution in [0.5, 0.6) is 11.5 Å². The molecule has 3 aliphatic rings. The number of likely N-dealkylation sites (tertiary alicyclic amines) is 1. The van der Waals surface area contributed by atoms with Gasteiger partial charge in [-0.25, -0.2) is 4.39 Å². The van der Waals surface area contributed by atoms with Crippen LogP contribution in [0, 0.1) is 5.82 Å². The molecular formula is C25H28FN5O4. The van der Waals surface area contributed by atoms with Gasteiger partial charge in [0.15, 0.2) is 11.6 Å². The highest BCUT2D eigenvalue weighted by Gasteiger charge is 2.32. The van der Waals surface area contributed by atoms with E-state index in [0.717, 1.165) is 50.1 Å². The fourth-order valence-corrected chi connectivity index (χ4v) is 5.39. The van der Waals surface area contributed by atoms with Crippen LogP contribution in [0.1, 0.15) is 30.1 Å². The number of piperidine rings is 1. The zero-order valence-corrected chi connectivity index (χ0v) is 19.3. The van der Waals surface area contributed by atoms with E-state index < -0.39 is 11.9 Å². The van der Waals surface area contributed by atoms with Crippen LogP contribution in [0.2, 0.25) is 0 Å². The molecule has 2 N–H and O–H groups in total. The number of fused-ring (bicyclic) bond motifs is 1. The van der Waals surface area contributed by atoms with Crippen molar-refractivity contribution in [1.29, 1.82) is 0 Å². The van der Waals surface area contributed by atoms with Crippen molar-refractivity contribution in [2.45, 2.75) is 44.0 Å². The van der Waals surface area contributed by atoms with E-state index in [0.29, 0.717) is 30.7 Å². The second kappa shape index (κ2) is 9.18. The number of ether oxygens (including phenoxy) is 2. The lowest BCUT2D eigenvalue weighted by Crippen LogP contribution is -2.54. The van der Waals surface area contributed by atoms with Crippen LogP contribution in [0.15, 0.2) is 35.4 Å². The second-order valence-electron chi connectivity index (χ2n) is 9.51. The van der Waals surface area contributed by atoms with E-state index in [-0.39, 0.29) is 30.0 Å². The Morgan fingerprint density at radius 2 is 2.14 bits per heavy atom. The Hall–Kier alpha value is -3.08. The lowest BCUT2D eigenvalue weighted by molar-refractivity contribution is 0.0294. The summed E-state index contributed by atoms with van der Waals surface area (Å²) in [6.07, 6.45) is 5.13. The van der Waals surface area contributed by atoms with E-state index in [9.17, 15) is 14.3 Å². The molecule has 9 nitrogen and oxygen atoms in total. The molecule has 3 aliphatic heterocycles. The largest absolute Gasteiger partial charge is 0.492 e. The molecule has 0 bridgehead atoms. The van der Waals surface area contributed by atoms with Crippen LogP contribution in [-0.2, 0) is 13.0 Å². The topological polar surface area (TPSA) is 102 Å². The van der Waals surface area contributed by atoms with Gasteiger partial charge in [-0.15, -0.1) is 0 Å². The number of aryl methyl sites for hydroxylation is 1. The molecule has 0 amide bonds. The molecule has 1 saturated heterocycles. The van der Waals surface area contributed by atoms with Gasteiger partial charge in [-0.3, -0.25) is 24.2 Å². The Balaban J connectivity index is 1.10. The molecule has 0 aliphatic carbocycles. The fourth-order valence-electron chi connectivity index (χ4n) is 5.39. The van der Waals surface area contributed by atoms with Crippen molar-refractivity contribution in [2.75, 3.05) is 32.8 Å². The highest BCUT2D eigenvalue weighted by Crippen LogP contribution is 2.33. The molecule has 0 aromatic carbocycles. The van der Waals surface area contributed by atoms with Gasteiger partial charge in [-0.1, -0.05) is 0 Å². The first-order chi connectivity index (χ1) is 17.1. The zero-order valence-electron chi connectivity index (χ0n) is 19.3. The van der Waals surface area contributed by atoms with Gasteiger partial charge >= 0.3 is 0 Å². The van der Waals surface area contributed by atoms with E-state index in [1.807, 2.05) is 0 Å². The molecule has 1 fully saturated rings. The summed E-state index contributed by atoms with van der Waals surface area (Å²) in [6.45, 7) is 3.26. The molecule has 10 heteroatoms. The number of nitrogens with zero attached hydrogens (tertiary/aromatic N) is 4. The Kier molecular flexibility index (Phi) is 5.87. The number of halogens is 1. The van der Waals surface area contributed by atoms with Crippen molar-refractivity contribution in [3.8, 4) is 11.5 Å². The number of rotatable bonds is 5. The summed E-state index contributed by atoms with van der Waals surface area (Å²) in [6, 6.07) is 4.80. The first-order valence-electron chi connectivity index (χ1n) is 12.1. The van der Waals surface area contributed by atoms with Crippen molar-refractivity contribution in [1.82, 2.24) is 24.8 Å². The molecule has 3 aromatic rings. The summed E-state index contributed by atoms with van der Waals surface area (Å²) in [7, 11) is 0. The summed E-state index contributed by atoms with van der Waals surface area (Å²) in [5, 5.41) is 14.3. The maximum atomic E-state index is 14.3. The molecule has 3 atom stereocenters. The van der Waals surface area contributed by atoms with Gasteiger partial charge in [-0.05, 0) is 43.5 Å². The van der Waals surface area contributed by atoms with Gasteiger partial charge in [0.1, 0.15) is 17.9 Å². The summed E-state index contributed by atoms with van der Waals surface area (Å²) in [4.78, 5) is 23.4. The van der Waals surface area contributed by atoms with Crippen LogP contribution in [0.3, 0.4) is 0 Å². The standard InChI is InChI=1S/C25H28FN5O4/c26-18-10-29-20-3-4-23(33)31-17(14-35-25(18)24(20)31)12-30-6-5-19(21(32)13-30)28-9-16-8-15-2-1-7-34-22(15)11-27-16/h3-4,8,10-11,17,19,21,28,32H,1-2,5-7,9,12-14H2/t17-,19+,21-/m1/s1. The van der Waals surface area contributed by atoms with Gasteiger partial charge in [0.25, 0.3) is 5.56 Å². The van der Waals surface area contributed by atoms with Crippen molar-refractivity contribution >= 4 is 11.0 Å². The zero-order chi connectivity index (χ0) is 23.9. The molecule has 6 heterocycles. The average Bonchev–Trinajstić information content (AvgIpc) is 2.87. The lowest BCUT2D eigenvalue weighted by atomic mass is 10.0. The van der Waals surface area contributed by atoms with Gasteiger partial charge in [-0.2, -0.15) is 0 Å². The average molecular weight is 482 g/mol. The third-order valence-corrected chi connectivity index (χ3v) is 7.17. The predicted molar refractivity (Wildman–Crippen MR) is 126 cm³/mol. The third-order valence-electron chi connectivity index (χ3n) is 7.17. The molecule has 3 aromatic heterocycles. The minimum Gasteiger partial charge on any atom is -0.492 e. The number of pyridine rings is 3. The normalized spacial score (nSPS) is 24.0. The monoisotopic (exact) mass is 481 g/mol. The van der Waals surface area contributed by atoms with Crippen LogP contribution < -0.4 is 20.3 Å². The minimum atomic E-state index is -0.571. The van der Waals surface area contributed by atoms with Crippen molar-refractivity contribution < 1.29 is 19.0 Å². The molecule has 35 heavy (non-hydrogen) atoms. The van der Waals surface area contributed by atoms with Crippen LogP contribution in [0.25, 0.3) is 11.0 Å². The number of aliphatic hydroxyl groups is 1. The smallest absolute Gasteiger partial charge is 0.251 e. The maximum Gasteiger partial charge on any atom is 0.251 e. The van der Waals surface area contributed by atoms with E-state index in [1.165, 1.54) is 11.6 Å². The SMILES string of the molecule is O=c1ccc2ncc(F)c3c2n1[C@H](CN1CC[C@H](NCc2cc4c(cn2)OCCC4)[C@H](O)C1)CO3. The van der Waals surface area contributed by atoms with Crippen molar-refractivity contribution in [2.24, 2.45) is 0 Å². The van der Waals surface area contributed by atoms with Crippen LogP contribution in [-0.4, -0.2) is 69.5 Å². The lowest BCUT2D eigenvalue weighted by Gasteiger charge is -2.39. The Bertz CT molecular complexity index is 1310. The molecule has 184 valence electrons. The van der Waals surface area contributed by atoms with Crippen molar-refractivity contribution in [3.05, 3.63) is 58.0 Å². The quantitative estimate of drug-likeness (QED) is 0.564. The van der Waals surface area contributed by atoms with Crippen molar-refractivity contribution in [3.63, 3.8) is 0 Å². The van der Waals surface area contributed by atoms with E-state index >= 15 is 0 Å². The molecule has 6 rings (SSSR count). The maximum absolute atomic E-state index is 14.3. The van der Waals surface area contributed by atoms with Gasteiger partial charge in [0, 0.05) is 31.7 Å².